The van der Waals surface area contributed by atoms with Crippen LogP contribution >= 0.6 is 0 Å². The Kier molecular flexibility index (Phi) is 3.45. The number of carbonyl (C=O) groups excluding carboxylic acids is 1. The molecule has 1 amide bonds. The van der Waals surface area contributed by atoms with Gasteiger partial charge in [0.25, 0.3) is 0 Å². The second-order valence-corrected chi connectivity index (χ2v) is 4.44. The molecule has 2 N–H and O–H groups in total. The van der Waals surface area contributed by atoms with Crippen LogP contribution in [0.2, 0.25) is 0 Å². The van der Waals surface area contributed by atoms with Crippen LogP contribution in [-0.2, 0) is 4.79 Å². The quantitative estimate of drug-likeness (QED) is 0.785. The van der Waals surface area contributed by atoms with E-state index in [4.69, 9.17) is 0 Å². The highest BCUT2D eigenvalue weighted by atomic mass is 19.2. The number of carbonyl (C=O) groups is 1. The molecule has 0 bridgehead atoms. The zero-order valence-electron chi connectivity index (χ0n) is 9.67. The fourth-order valence-electron chi connectivity index (χ4n) is 2.24. The molecule has 0 aromatic heterocycles. The van der Waals surface area contributed by atoms with Gasteiger partial charge in [0.05, 0.1) is 6.04 Å². The van der Waals surface area contributed by atoms with Crippen LogP contribution in [0.3, 0.4) is 0 Å². The van der Waals surface area contributed by atoms with E-state index in [1.54, 1.807) is 6.20 Å². The van der Waals surface area contributed by atoms with Crippen LogP contribution in [0.25, 0.3) is 0 Å². The second-order valence-electron chi connectivity index (χ2n) is 4.44. The van der Waals surface area contributed by atoms with Crippen LogP contribution in [0.4, 0.5) is 8.78 Å². The van der Waals surface area contributed by atoms with Crippen molar-refractivity contribution in [1.29, 1.82) is 0 Å². The summed E-state index contributed by atoms with van der Waals surface area (Å²) in [4.78, 5) is 10.7. The molecule has 0 saturated heterocycles. The van der Waals surface area contributed by atoms with Gasteiger partial charge in [-0.1, -0.05) is 0 Å². The summed E-state index contributed by atoms with van der Waals surface area (Å²) < 4.78 is 26.4. The summed E-state index contributed by atoms with van der Waals surface area (Å²) in [6.07, 6.45) is 1.04. The van der Waals surface area contributed by atoms with E-state index in [1.165, 1.54) is 13.0 Å². The third-order valence-corrected chi connectivity index (χ3v) is 3.12. The maximum atomic E-state index is 13.3. The van der Waals surface area contributed by atoms with Crippen LogP contribution in [0, 0.1) is 0 Å². The van der Waals surface area contributed by atoms with Crippen molar-refractivity contribution in [3.05, 3.63) is 23.4 Å². The fraction of sp³-hybridized carbons (Fsp3) is 0.583. The molecule has 0 aromatic rings. The number of nitrogens with one attached hydrogen (secondary N) is 2. The number of halogens is 2. The summed E-state index contributed by atoms with van der Waals surface area (Å²) >= 11 is 0. The molecule has 2 aliphatic rings. The maximum absolute atomic E-state index is 13.3. The molecule has 0 saturated carbocycles. The van der Waals surface area contributed by atoms with Gasteiger partial charge in [-0.05, 0) is 23.6 Å². The minimum absolute atomic E-state index is 0.0853. The average Bonchev–Trinajstić information content (AvgIpc) is 2.62. The Bertz CT molecular complexity index is 379. The predicted molar refractivity (Wildman–Crippen MR) is 60.8 cm³/mol. The standard InChI is InChI=1S/C12H16F2N2O/c1-7(17)15-3-2-8-6-16-12-5-11(14)10(13)4-9(8)12/h4,6,10-12,16H,2-3,5H2,1H3,(H,15,17). The number of hydrogen-bond donors (Lipinski definition) is 2. The monoisotopic (exact) mass is 242 g/mol. The van der Waals surface area contributed by atoms with Gasteiger partial charge in [0.15, 0.2) is 6.17 Å². The van der Waals surface area contributed by atoms with E-state index < -0.39 is 12.3 Å². The van der Waals surface area contributed by atoms with Crippen molar-refractivity contribution < 1.29 is 13.6 Å². The van der Waals surface area contributed by atoms with Gasteiger partial charge in [-0.15, -0.1) is 0 Å². The Labute approximate surface area is 99.0 Å². The molecule has 17 heavy (non-hydrogen) atoms. The molecule has 1 aliphatic heterocycles. The van der Waals surface area contributed by atoms with E-state index in [1.807, 2.05) is 0 Å². The maximum Gasteiger partial charge on any atom is 0.216 e. The Morgan fingerprint density at radius 1 is 1.59 bits per heavy atom. The highest BCUT2D eigenvalue weighted by molar-refractivity contribution is 5.72. The number of fused-ring (bicyclic) bond motifs is 1. The van der Waals surface area contributed by atoms with E-state index in [-0.39, 0.29) is 18.4 Å². The van der Waals surface area contributed by atoms with Crippen molar-refractivity contribution in [1.82, 2.24) is 10.6 Å². The lowest BCUT2D eigenvalue weighted by molar-refractivity contribution is -0.118. The summed E-state index contributed by atoms with van der Waals surface area (Å²) in [5, 5.41) is 5.73. The first-order chi connectivity index (χ1) is 8.08. The molecule has 0 radical (unpaired) electrons. The van der Waals surface area contributed by atoms with Crippen LogP contribution in [-0.4, -0.2) is 30.8 Å². The van der Waals surface area contributed by atoms with Gasteiger partial charge >= 0.3 is 0 Å². The number of rotatable bonds is 3. The van der Waals surface area contributed by atoms with Crippen molar-refractivity contribution in [2.24, 2.45) is 0 Å². The largest absolute Gasteiger partial charge is 0.384 e. The molecular weight excluding hydrogens is 226 g/mol. The molecule has 5 heteroatoms. The van der Waals surface area contributed by atoms with Crippen molar-refractivity contribution in [3.63, 3.8) is 0 Å². The average molecular weight is 242 g/mol. The minimum atomic E-state index is -1.51. The topological polar surface area (TPSA) is 41.1 Å². The Balaban J connectivity index is 1.96. The van der Waals surface area contributed by atoms with Gasteiger partial charge in [0.1, 0.15) is 6.17 Å². The molecule has 3 atom stereocenters. The van der Waals surface area contributed by atoms with Gasteiger partial charge in [0.2, 0.25) is 5.91 Å². The number of alkyl halides is 2. The van der Waals surface area contributed by atoms with Crippen molar-refractivity contribution in [3.8, 4) is 0 Å². The first-order valence-corrected chi connectivity index (χ1v) is 5.77. The highest BCUT2D eigenvalue weighted by Gasteiger charge is 2.34. The minimum Gasteiger partial charge on any atom is -0.384 e. The summed E-state index contributed by atoms with van der Waals surface area (Å²) in [6, 6.07) is -0.107. The van der Waals surface area contributed by atoms with E-state index in [0.717, 1.165) is 11.1 Å². The molecule has 0 spiro atoms. The van der Waals surface area contributed by atoms with Crippen LogP contribution < -0.4 is 10.6 Å². The Morgan fingerprint density at radius 2 is 2.35 bits per heavy atom. The summed E-state index contributed by atoms with van der Waals surface area (Å²) in [6.45, 7) is 1.97. The van der Waals surface area contributed by atoms with E-state index in [0.29, 0.717) is 13.0 Å². The zero-order valence-corrected chi connectivity index (χ0v) is 9.67. The van der Waals surface area contributed by atoms with Crippen LogP contribution in [0.1, 0.15) is 19.8 Å². The first-order valence-electron chi connectivity index (χ1n) is 5.77. The number of hydrogen-bond acceptors (Lipinski definition) is 2. The van der Waals surface area contributed by atoms with E-state index in [9.17, 15) is 13.6 Å². The first kappa shape index (κ1) is 12.1. The zero-order chi connectivity index (χ0) is 12.4. The third kappa shape index (κ3) is 2.65. The molecule has 1 heterocycles. The molecular formula is C12H16F2N2O. The van der Waals surface area contributed by atoms with E-state index >= 15 is 0 Å². The van der Waals surface area contributed by atoms with Crippen LogP contribution in [0.15, 0.2) is 23.4 Å². The lowest BCUT2D eigenvalue weighted by atomic mass is 9.89. The van der Waals surface area contributed by atoms with Crippen molar-refractivity contribution in [2.75, 3.05) is 6.54 Å². The number of allylic oxidation sites excluding steroid dienone is 1. The molecule has 1 aliphatic carbocycles. The summed E-state index contributed by atoms with van der Waals surface area (Å²) in [5.74, 6) is -0.0853. The number of amides is 1. The summed E-state index contributed by atoms with van der Waals surface area (Å²) in [5.41, 5.74) is 1.80. The van der Waals surface area contributed by atoms with Crippen molar-refractivity contribution in [2.45, 2.75) is 38.2 Å². The molecule has 0 fully saturated rings. The summed E-state index contributed by atoms with van der Waals surface area (Å²) in [7, 11) is 0. The van der Waals surface area contributed by atoms with Crippen LogP contribution in [0.5, 0.6) is 0 Å². The Hall–Kier alpha value is -1.39. The second kappa shape index (κ2) is 4.85. The normalized spacial score (nSPS) is 31.1. The third-order valence-electron chi connectivity index (χ3n) is 3.12. The smallest absolute Gasteiger partial charge is 0.216 e. The van der Waals surface area contributed by atoms with Gasteiger partial charge < -0.3 is 10.6 Å². The molecule has 2 rings (SSSR count). The molecule has 3 unspecified atom stereocenters. The molecule has 3 nitrogen and oxygen atoms in total. The molecule has 0 aromatic carbocycles. The Morgan fingerprint density at radius 3 is 3.06 bits per heavy atom. The van der Waals surface area contributed by atoms with Gasteiger partial charge in [-0.2, -0.15) is 0 Å². The highest BCUT2D eigenvalue weighted by Crippen LogP contribution is 2.32. The van der Waals surface area contributed by atoms with Crippen molar-refractivity contribution >= 4 is 5.91 Å². The lowest BCUT2D eigenvalue weighted by Gasteiger charge is -2.24. The SMILES string of the molecule is CC(=O)NCCC1=CNC2CC(F)C(F)C=C12. The predicted octanol–water partition coefficient (Wildman–Crippen LogP) is 1.37. The lowest BCUT2D eigenvalue weighted by Crippen LogP contribution is -2.34. The van der Waals surface area contributed by atoms with Gasteiger partial charge in [-0.3, -0.25) is 4.79 Å². The van der Waals surface area contributed by atoms with Gasteiger partial charge in [-0.25, -0.2) is 8.78 Å². The van der Waals surface area contributed by atoms with E-state index in [2.05, 4.69) is 10.6 Å². The fourth-order valence-corrected chi connectivity index (χ4v) is 2.24. The molecule has 94 valence electrons. The van der Waals surface area contributed by atoms with Gasteiger partial charge in [0, 0.05) is 26.1 Å².